The van der Waals surface area contributed by atoms with Crippen LogP contribution in [0.25, 0.3) is 32.2 Å². The number of carbonyl (C=O) groups excluding carboxylic acids is 1. The summed E-state index contributed by atoms with van der Waals surface area (Å²) in [4.78, 5) is 24.5. The largest absolute Gasteiger partial charge is 0.381 e. The molecule has 0 unspecified atom stereocenters. The molecule has 0 bridgehead atoms. The quantitative estimate of drug-likeness (QED) is 0.389. The molecule has 0 saturated carbocycles. The number of pyridine rings is 2. The maximum atomic E-state index is 15.6. The molecule has 0 spiro atoms. The van der Waals surface area contributed by atoms with Gasteiger partial charge in [0.2, 0.25) is 0 Å². The van der Waals surface area contributed by atoms with Crippen LogP contribution in [0.2, 0.25) is 5.15 Å². The van der Waals surface area contributed by atoms with Crippen molar-refractivity contribution in [3.8, 4) is 11.3 Å². The lowest BCUT2D eigenvalue weighted by Crippen LogP contribution is -2.36. The average Bonchev–Trinajstić information content (AvgIpc) is 3.18. The first-order chi connectivity index (χ1) is 17.0. The Hall–Kier alpha value is -2.85. The molecule has 1 saturated heterocycles. The molecule has 1 aromatic carbocycles. The summed E-state index contributed by atoms with van der Waals surface area (Å²) in [5, 5.41) is 8.54. The first kappa shape index (κ1) is 22.6. The number of amides is 1. The van der Waals surface area contributed by atoms with Crippen molar-refractivity contribution < 1.29 is 13.9 Å². The Morgan fingerprint density at radius 3 is 2.89 bits per heavy atom. The molecule has 1 atom stereocenters. The fourth-order valence-corrected chi connectivity index (χ4v) is 6.00. The van der Waals surface area contributed by atoms with Gasteiger partial charge in [-0.1, -0.05) is 11.6 Å². The molecule has 5 heterocycles. The summed E-state index contributed by atoms with van der Waals surface area (Å²) in [5.41, 5.74) is 2.67. The predicted molar refractivity (Wildman–Crippen MR) is 137 cm³/mol. The molecule has 35 heavy (non-hydrogen) atoms. The van der Waals surface area contributed by atoms with Gasteiger partial charge in [-0.3, -0.25) is 9.69 Å². The maximum Gasteiger partial charge on any atom is 0.263 e. The second-order valence-corrected chi connectivity index (χ2v) is 10.3. The number of halogens is 2. The van der Waals surface area contributed by atoms with Crippen LogP contribution in [0, 0.1) is 5.82 Å². The van der Waals surface area contributed by atoms with Gasteiger partial charge >= 0.3 is 0 Å². The predicted octanol–water partition coefficient (Wildman–Crippen LogP) is 4.68. The number of ether oxygens (including phenoxy) is 1. The first-order valence-corrected chi connectivity index (χ1v) is 12.7. The van der Waals surface area contributed by atoms with E-state index in [2.05, 4.69) is 20.5 Å². The molecular formula is C25H23ClFN5O2S. The fraction of sp³-hybridized carbons (Fsp3) is 0.320. The molecule has 1 fully saturated rings. The molecule has 0 aliphatic carbocycles. The summed E-state index contributed by atoms with van der Waals surface area (Å²) in [7, 11) is 0. The van der Waals surface area contributed by atoms with E-state index in [0.717, 1.165) is 39.8 Å². The van der Waals surface area contributed by atoms with Crippen molar-refractivity contribution in [1.82, 2.24) is 20.2 Å². The lowest BCUT2D eigenvalue weighted by molar-refractivity contribution is 0.0331. The monoisotopic (exact) mass is 511 g/mol. The number of morpholine rings is 1. The van der Waals surface area contributed by atoms with Crippen molar-refractivity contribution in [2.75, 3.05) is 38.2 Å². The van der Waals surface area contributed by atoms with Gasteiger partial charge in [0, 0.05) is 53.3 Å². The van der Waals surface area contributed by atoms with Crippen LogP contribution in [0.3, 0.4) is 0 Å². The van der Waals surface area contributed by atoms with Gasteiger partial charge < -0.3 is 15.4 Å². The highest BCUT2D eigenvalue weighted by Gasteiger charge is 2.25. The van der Waals surface area contributed by atoms with Crippen molar-refractivity contribution >= 4 is 55.5 Å². The van der Waals surface area contributed by atoms with Crippen molar-refractivity contribution in [2.45, 2.75) is 19.5 Å². The summed E-state index contributed by atoms with van der Waals surface area (Å²) in [6, 6.07) is 9.17. The molecule has 3 aromatic heterocycles. The zero-order valence-electron chi connectivity index (χ0n) is 19.0. The standard InChI is InChI=1S/C25H23ClFN5O2S/c1-13-11-28-23-21-14-2-3-17(30-16(14)4-5-19(21)35-24(23)25(33)29-13)15-10-20(26)31-18(22(15)27)12-32-6-8-34-9-7-32/h2-5,10,13,28H,6-9,11-12H2,1H3,(H,29,33)/t13-/m1/s1. The summed E-state index contributed by atoms with van der Waals surface area (Å²) < 4.78 is 22.0. The number of thiophene rings is 1. The molecule has 1 amide bonds. The van der Waals surface area contributed by atoms with E-state index in [0.29, 0.717) is 48.1 Å². The van der Waals surface area contributed by atoms with Crippen LogP contribution >= 0.6 is 22.9 Å². The third-order valence-corrected chi connectivity index (χ3v) is 7.79. The summed E-state index contributed by atoms with van der Waals surface area (Å²) in [5.74, 6) is -0.483. The summed E-state index contributed by atoms with van der Waals surface area (Å²) in [6.45, 7) is 5.67. The van der Waals surface area contributed by atoms with E-state index in [9.17, 15) is 4.79 Å². The van der Waals surface area contributed by atoms with Crippen molar-refractivity contribution in [1.29, 1.82) is 0 Å². The number of nitrogens with zero attached hydrogens (tertiary/aromatic N) is 3. The molecule has 0 radical (unpaired) electrons. The smallest absolute Gasteiger partial charge is 0.263 e. The zero-order valence-corrected chi connectivity index (χ0v) is 20.6. The normalized spacial score (nSPS) is 18.8. The van der Waals surface area contributed by atoms with E-state index in [1.807, 2.05) is 25.1 Å². The first-order valence-electron chi connectivity index (χ1n) is 11.5. The highest BCUT2D eigenvalue weighted by molar-refractivity contribution is 7.21. The maximum absolute atomic E-state index is 15.6. The van der Waals surface area contributed by atoms with Crippen LogP contribution in [-0.2, 0) is 11.3 Å². The van der Waals surface area contributed by atoms with E-state index in [1.54, 1.807) is 6.07 Å². The van der Waals surface area contributed by atoms with E-state index in [-0.39, 0.29) is 17.1 Å². The second kappa shape index (κ2) is 8.98. The number of nitrogens with one attached hydrogen (secondary N) is 2. The highest BCUT2D eigenvalue weighted by atomic mass is 35.5. The molecule has 2 aliphatic rings. The minimum atomic E-state index is -0.412. The zero-order chi connectivity index (χ0) is 24.1. The van der Waals surface area contributed by atoms with E-state index in [1.165, 1.54) is 17.4 Å². The number of benzene rings is 1. The molecule has 4 aromatic rings. The third-order valence-electron chi connectivity index (χ3n) is 6.44. The number of aromatic nitrogens is 2. The Balaban J connectivity index is 1.43. The van der Waals surface area contributed by atoms with E-state index in [4.69, 9.17) is 21.3 Å². The van der Waals surface area contributed by atoms with Crippen LogP contribution in [0.5, 0.6) is 0 Å². The van der Waals surface area contributed by atoms with Gasteiger partial charge in [-0.25, -0.2) is 14.4 Å². The number of fused-ring (bicyclic) bond motifs is 5. The van der Waals surface area contributed by atoms with Crippen molar-refractivity contribution in [3.63, 3.8) is 0 Å². The average molecular weight is 512 g/mol. The Kier molecular flexibility index (Phi) is 5.80. The number of hydrogen-bond acceptors (Lipinski definition) is 7. The third kappa shape index (κ3) is 4.12. The molecule has 7 nitrogen and oxygen atoms in total. The number of carbonyl (C=O) groups is 1. The summed E-state index contributed by atoms with van der Waals surface area (Å²) >= 11 is 7.76. The number of hydrogen-bond donors (Lipinski definition) is 2. The minimum absolute atomic E-state index is 0.0305. The van der Waals surface area contributed by atoms with Gasteiger partial charge in [-0.15, -0.1) is 11.3 Å². The van der Waals surface area contributed by atoms with Gasteiger partial charge in [-0.2, -0.15) is 0 Å². The van der Waals surface area contributed by atoms with Gasteiger partial charge in [-0.05, 0) is 37.3 Å². The lowest BCUT2D eigenvalue weighted by Gasteiger charge is -2.26. The molecule has 2 N–H and O–H groups in total. The molecule has 6 rings (SSSR count). The Morgan fingerprint density at radius 2 is 2.06 bits per heavy atom. The van der Waals surface area contributed by atoms with Crippen LogP contribution in [0.15, 0.2) is 30.3 Å². The molecule has 10 heteroatoms. The van der Waals surface area contributed by atoms with Gasteiger partial charge in [0.1, 0.15) is 10.0 Å². The Bertz CT molecular complexity index is 1470. The van der Waals surface area contributed by atoms with Crippen LogP contribution < -0.4 is 10.6 Å². The second-order valence-electron chi connectivity index (χ2n) is 8.91. The molecule has 2 aliphatic heterocycles. The lowest BCUT2D eigenvalue weighted by atomic mass is 10.1. The van der Waals surface area contributed by atoms with E-state index >= 15 is 4.39 Å². The Morgan fingerprint density at radius 1 is 1.23 bits per heavy atom. The minimum Gasteiger partial charge on any atom is -0.381 e. The van der Waals surface area contributed by atoms with Crippen LogP contribution in [-0.4, -0.2) is 59.7 Å². The van der Waals surface area contributed by atoms with Crippen molar-refractivity contribution in [2.24, 2.45) is 0 Å². The SMILES string of the molecule is C[C@@H]1CNc2c(sc3ccc4nc(-c5cc(Cl)nc(CN6CCOCC6)c5F)ccc4c23)C(=O)N1. The Labute approximate surface area is 210 Å². The van der Waals surface area contributed by atoms with Crippen LogP contribution in [0.1, 0.15) is 22.3 Å². The van der Waals surface area contributed by atoms with Gasteiger partial charge in [0.15, 0.2) is 5.82 Å². The van der Waals surface area contributed by atoms with E-state index < -0.39 is 5.82 Å². The van der Waals surface area contributed by atoms with Crippen LogP contribution in [0.4, 0.5) is 10.1 Å². The number of anilines is 1. The molecule has 180 valence electrons. The summed E-state index contributed by atoms with van der Waals surface area (Å²) in [6.07, 6.45) is 0. The van der Waals surface area contributed by atoms with Crippen molar-refractivity contribution in [3.05, 3.63) is 51.9 Å². The number of rotatable bonds is 3. The van der Waals surface area contributed by atoms with Gasteiger partial charge in [0.05, 0.1) is 35.8 Å². The van der Waals surface area contributed by atoms with Gasteiger partial charge in [0.25, 0.3) is 5.91 Å². The fourth-order valence-electron chi connectivity index (χ4n) is 4.69. The topological polar surface area (TPSA) is 79.4 Å². The highest BCUT2D eigenvalue weighted by Crippen LogP contribution is 2.41. The molecular weight excluding hydrogens is 489 g/mol.